The third kappa shape index (κ3) is 4.16. The lowest BCUT2D eigenvalue weighted by molar-refractivity contribution is 0.0826. The van der Waals surface area contributed by atoms with Gasteiger partial charge in [0.25, 0.3) is 0 Å². The molecule has 0 spiro atoms. The van der Waals surface area contributed by atoms with Crippen LogP contribution in [-0.4, -0.2) is 45.9 Å². The second kappa shape index (κ2) is 8.68. The Balaban J connectivity index is 1.44. The van der Waals surface area contributed by atoms with Crippen LogP contribution in [-0.2, 0) is 5.54 Å². The SMILES string of the molecule is Cc1noc(C)c1-c1ccc2nc(C(=O)CC3CN(C)C3)nc(NC3(c4cccc(Cl)c4)CC3)c2c1. The number of hydrogen-bond donors (Lipinski definition) is 1. The maximum Gasteiger partial charge on any atom is 0.200 e. The van der Waals surface area contributed by atoms with E-state index in [0.29, 0.717) is 23.2 Å². The van der Waals surface area contributed by atoms with E-state index in [0.717, 1.165) is 65.0 Å². The summed E-state index contributed by atoms with van der Waals surface area (Å²) in [5.41, 5.74) is 4.37. The summed E-state index contributed by atoms with van der Waals surface area (Å²) in [7, 11) is 2.07. The molecule has 0 amide bonds. The molecule has 0 atom stereocenters. The highest BCUT2D eigenvalue weighted by atomic mass is 35.5. The highest BCUT2D eigenvalue weighted by molar-refractivity contribution is 6.30. The Morgan fingerprint density at radius 2 is 1.97 bits per heavy atom. The zero-order valence-corrected chi connectivity index (χ0v) is 21.4. The van der Waals surface area contributed by atoms with E-state index in [4.69, 9.17) is 26.1 Å². The molecule has 1 saturated carbocycles. The van der Waals surface area contributed by atoms with Crippen LogP contribution in [0.4, 0.5) is 5.82 Å². The molecule has 0 unspecified atom stereocenters. The highest BCUT2D eigenvalue weighted by Gasteiger charge is 2.45. The van der Waals surface area contributed by atoms with Crippen molar-refractivity contribution in [2.24, 2.45) is 5.92 Å². The van der Waals surface area contributed by atoms with Gasteiger partial charge in [0.05, 0.1) is 16.7 Å². The van der Waals surface area contributed by atoms with Gasteiger partial charge in [-0.05, 0) is 75.0 Å². The van der Waals surface area contributed by atoms with Crippen LogP contribution >= 0.6 is 11.6 Å². The summed E-state index contributed by atoms with van der Waals surface area (Å²) in [6, 6.07) is 14.0. The molecule has 1 saturated heterocycles. The summed E-state index contributed by atoms with van der Waals surface area (Å²) in [6.45, 7) is 5.71. The van der Waals surface area contributed by atoms with Crippen molar-refractivity contribution in [1.82, 2.24) is 20.0 Å². The van der Waals surface area contributed by atoms with Crippen LogP contribution in [0.2, 0.25) is 5.02 Å². The van der Waals surface area contributed by atoms with E-state index in [1.54, 1.807) is 0 Å². The number of rotatable bonds is 7. The third-order valence-corrected chi connectivity index (χ3v) is 7.60. The molecule has 1 aliphatic heterocycles. The summed E-state index contributed by atoms with van der Waals surface area (Å²) >= 11 is 6.31. The predicted molar refractivity (Wildman–Crippen MR) is 140 cm³/mol. The van der Waals surface area contributed by atoms with Crippen LogP contribution in [0.3, 0.4) is 0 Å². The molecule has 0 radical (unpaired) electrons. The summed E-state index contributed by atoms with van der Waals surface area (Å²) in [6.07, 6.45) is 2.38. The molecule has 1 N–H and O–H groups in total. The molecule has 6 rings (SSSR count). The Morgan fingerprint density at radius 3 is 2.64 bits per heavy atom. The third-order valence-electron chi connectivity index (χ3n) is 7.37. The molecule has 3 heterocycles. The molecule has 2 aliphatic rings. The average Bonchev–Trinajstić information content (AvgIpc) is 3.55. The number of benzene rings is 2. The summed E-state index contributed by atoms with van der Waals surface area (Å²) in [5.74, 6) is 2.05. The first-order chi connectivity index (χ1) is 17.3. The van der Waals surface area contributed by atoms with Crippen molar-refractivity contribution >= 4 is 34.1 Å². The van der Waals surface area contributed by atoms with Gasteiger partial charge in [0.1, 0.15) is 11.6 Å². The first-order valence-corrected chi connectivity index (χ1v) is 12.7. The molecule has 7 nitrogen and oxygen atoms in total. The number of aromatic nitrogens is 3. The molecule has 2 aromatic carbocycles. The fraction of sp³-hybridized carbons (Fsp3) is 0.357. The minimum absolute atomic E-state index is 0.0135. The average molecular weight is 502 g/mol. The van der Waals surface area contributed by atoms with Gasteiger partial charge in [-0.1, -0.05) is 35.0 Å². The van der Waals surface area contributed by atoms with E-state index in [2.05, 4.69) is 34.6 Å². The number of halogens is 1. The van der Waals surface area contributed by atoms with Crippen LogP contribution in [0.25, 0.3) is 22.0 Å². The van der Waals surface area contributed by atoms with Gasteiger partial charge in [-0.2, -0.15) is 0 Å². The minimum atomic E-state index is -0.262. The van der Waals surface area contributed by atoms with Crippen LogP contribution < -0.4 is 5.32 Å². The Morgan fingerprint density at radius 1 is 1.17 bits per heavy atom. The van der Waals surface area contributed by atoms with Crippen LogP contribution in [0, 0.1) is 19.8 Å². The predicted octanol–water partition coefficient (Wildman–Crippen LogP) is 5.79. The summed E-state index contributed by atoms with van der Waals surface area (Å²) < 4.78 is 5.41. The Hall–Kier alpha value is -3.29. The molecular weight excluding hydrogens is 474 g/mol. The van der Waals surface area contributed by atoms with Gasteiger partial charge < -0.3 is 14.7 Å². The van der Waals surface area contributed by atoms with Crippen LogP contribution in [0.15, 0.2) is 47.0 Å². The maximum atomic E-state index is 13.2. The Kier molecular flexibility index (Phi) is 5.57. The molecular formula is C28H28ClN5O2. The van der Waals surface area contributed by atoms with Gasteiger partial charge >= 0.3 is 0 Å². The standard InChI is InChI=1S/C28H28ClN5O2/c1-16-25(17(2)36-33-16)19-7-8-23-22(12-19)26(31-27(30-23)24(35)11-18-14-34(3)15-18)32-28(9-10-28)20-5-4-6-21(29)13-20/h4-8,12-13,18H,9-11,14-15H2,1-3H3,(H,30,31,32). The molecule has 0 bridgehead atoms. The Bertz CT molecular complexity index is 1470. The highest BCUT2D eigenvalue weighted by Crippen LogP contribution is 2.49. The lowest BCUT2D eigenvalue weighted by Gasteiger charge is -2.35. The zero-order chi connectivity index (χ0) is 25.0. The monoisotopic (exact) mass is 501 g/mol. The van der Waals surface area contributed by atoms with Gasteiger partial charge in [0, 0.05) is 35.5 Å². The fourth-order valence-electron chi connectivity index (χ4n) is 5.33. The number of ketones is 1. The molecule has 36 heavy (non-hydrogen) atoms. The van der Waals surface area contributed by atoms with Crippen molar-refractivity contribution in [2.75, 3.05) is 25.5 Å². The van der Waals surface area contributed by atoms with E-state index in [1.807, 2.05) is 44.2 Å². The van der Waals surface area contributed by atoms with Crippen molar-refractivity contribution in [3.8, 4) is 11.1 Å². The normalized spacial score (nSPS) is 17.2. The zero-order valence-electron chi connectivity index (χ0n) is 20.6. The number of carbonyl (C=O) groups excluding carboxylic acids is 1. The number of aryl methyl sites for hydroxylation is 2. The largest absolute Gasteiger partial charge is 0.361 e. The van der Waals surface area contributed by atoms with Gasteiger partial charge in [0.15, 0.2) is 5.82 Å². The van der Waals surface area contributed by atoms with Crippen LogP contribution in [0.5, 0.6) is 0 Å². The van der Waals surface area contributed by atoms with Crippen molar-refractivity contribution in [2.45, 2.75) is 38.6 Å². The molecule has 8 heteroatoms. The maximum absolute atomic E-state index is 13.2. The summed E-state index contributed by atoms with van der Waals surface area (Å²) in [5, 5.41) is 9.37. The number of anilines is 1. The van der Waals surface area contributed by atoms with Gasteiger partial charge in [-0.25, -0.2) is 9.97 Å². The number of Topliss-reactive ketones (excluding diaryl/α,β-unsaturated/α-hetero) is 1. The second-order valence-electron chi connectivity index (χ2n) is 10.3. The lowest BCUT2D eigenvalue weighted by Crippen LogP contribution is -2.44. The number of nitrogens with zero attached hydrogens (tertiary/aromatic N) is 4. The van der Waals surface area contributed by atoms with E-state index < -0.39 is 0 Å². The van der Waals surface area contributed by atoms with E-state index >= 15 is 0 Å². The van der Waals surface area contributed by atoms with Gasteiger partial charge in [-0.3, -0.25) is 4.79 Å². The van der Waals surface area contributed by atoms with E-state index in [-0.39, 0.29) is 17.1 Å². The smallest absolute Gasteiger partial charge is 0.200 e. The molecule has 184 valence electrons. The number of nitrogens with one attached hydrogen (secondary N) is 1. The summed E-state index contributed by atoms with van der Waals surface area (Å²) in [4.78, 5) is 24.9. The topological polar surface area (TPSA) is 84.2 Å². The van der Waals surface area contributed by atoms with Crippen molar-refractivity contribution < 1.29 is 9.32 Å². The quantitative estimate of drug-likeness (QED) is 0.321. The number of carbonyl (C=O) groups is 1. The molecule has 1 aliphatic carbocycles. The second-order valence-corrected chi connectivity index (χ2v) is 10.7. The lowest BCUT2D eigenvalue weighted by atomic mass is 9.94. The molecule has 4 aromatic rings. The molecule has 2 aromatic heterocycles. The van der Waals surface area contributed by atoms with Crippen molar-refractivity contribution in [3.05, 3.63) is 70.3 Å². The first-order valence-electron chi connectivity index (χ1n) is 12.3. The number of fused-ring (bicyclic) bond motifs is 1. The van der Waals surface area contributed by atoms with E-state index in [9.17, 15) is 4.79 Å². The van der Waals surface area contributed by atoms with E-state index in [1.165, 1.54) is 0 Å². The van der Waals surface area contributed by atoms with Crippen LogP contribution in [0.1, 0.15) is 46.9 Å². The van der Waals surface area contributed by atoms with Crippen molar-refractivity contribution in [1.29, 1.82) is 0 Å². The van der Waals surface area contributed by atoms with Crippen molar-refractivity contribution in [3.63, 3.8) is 0 Å². The first kappa shape index (κ1) is 23.1. The number of hydrogen-bond acceptors (Lipinski definition) is 7. The van der Waals surface area contributed by atoms with Gasteiger partial charge in [-0.15, -0.1) is 0 Å². The number of likely N-dealkylation sites (tertiary alicyclic amines) is 1. The minimum Gasteiger partial charge on any atom is -0.361 e. The molecule has 2 fully saturated rings. The van der Waals surface area contributed by atoms with Gasteiger partial charge in [0.2, 0.25) is 5.78 Å². The Labute approximate surface area is 214 Å². The fourth-order valence-corrected chi connectivity index (χ4v) is 5.52.